The maximum atomic E-state index is 5.93. The molecular weight excluding hydrogens is 309 g/mol. The summed E-state index contributed by atoms with van der Waals surface area (Å²) in [5.41, 5.74) is 9.11. The summed E-state index contributed by atoms with van der Waals surface area (Å²) >= 11 is 0. The van der Waals surface area contributed by atoms with Crippen molar-refractivity contribution in [1.82, 2.24) is 4.98 Å². The molecule has 6 heteroatoms. The smallest absolute Gasteiger partial charge is 0.298 e. The predicted octanol–water partition coefficient (Wildman–Crippen LogP) is 3.51. The Labute approximate surface area is 137 Å². The molecule has 0 radical (unpaired) electrons. The molecule has 3 rings (SSSR count). The molecule has 1 aromatic heterocycles. The van der Waals surface area contributed by atoms with Crippen LogP contribution in [-0.4, -0.2) is 24.1 Å². The first-order chi connectivity index (χ1) is 8.93. The van der Waals surface area contributed by atoms with Gasteiger partial charge in [-0.3, -0.25) is 0 Å². The van der Waals surface area contributed by atoms with Gasteiger partial charge in [0.2, 0.25) is 0 Å². The maximum Gasteiger partial charge on any atom is 0.298 e. The summed E-state index contributed by atoms with van der Waals surface area (Å²) < 4.78 is 5.83. The summed E-state index contributed by atoms with van der Waals surface area (Å²) in [7, 11) is 0. The van der Waals surface area contributed by atoms with Crippen LogP contribution in [0, 0.1) is 0 Å². The van der Waals surface area contributed by atoms with E-state index in [0.717, 1.165) is 30.6 Å². The van der Waals surface area contributed by atoms with Crippen molar-refractivity contribution < 1.29 is 4.42 Å². The molecule has 1 fully saturated rings. The topological polar surface area (TPSA) is 55.3 Å². The molecule has 2 heterocycles. The number of nitrogens with zero attached hydrogens (tertiary/aromatic N) is 2. The van der Waals surface area contributed by atoms with Crippen molar-refractivity contribution in [3.05, 3.63) is 23.8 Å². The Kier molecular flexibility index (Phi) is 5.53. The lowest BCUT2D eigenvalue weighted by atomic mass is 9.87. The van der Waals surface area contributed by atoms with Gasteiger partial charge in [-0.05, 0) is 29.5 Å². The number of rotatable bonds is 1. The van der Waals surface area contributed by atoms with E-state index in [2.05, 4.69) is 42.8 Å². The van der Waals surface area contributed by atoms with E-state index >= 15 is 0 Å². The second-order valence-electron chi connectivity index (χ2n) is 6.42. The number of hydrogen-bond donors (Lipinski definition) is 1. The zero-order valence-electron chi connectivity index (χ0n) is 12.6. The molecule has 0 amide bonds. The second-order valence-corrected chi connectivity index (χ2v) is 6.42. The summed E-state index contributed by atoms with van der Waals surface area (Å²) in [6, 6.07) is 7.20. The number of nitrogens with two attached hydrogens (primary N) is 1. The van der Waals surface area contributed by atoms with E-state index in [-0.39, 0.29) is 36.3 Å². The third kappa shape index (κ3) is 3.62. The molecule has 1 aliphatic rings. The number of benzene rings is 1. The van der Waals surface area contributed by atoms with Gasteiger partial charge in [-0.2, -0.15) is 4.98 Å². The lowest BCUT2D eigenvalue weighted by Gasteiger charge is -2.18. The van der Waals surface area contributed by atoms with E-state index < -0.39 is 0 Å². The lowest BCUT2D eigenvalue weighted by Crippen LogP contribution is -2.26. The van der Waals surface area contributed by atoms with Gasteiger partial charge >= 0.3 is 0 Å². The highest BCUT2D eigenvalue weighted by Crippen LogP contribution is 2.29. The summed E-state index contributed by atoms with van der Waals surface area (Å²) in [5, 5.41) is 0. The molecule has 1 saturated heterocycles. The molecule has 1 unspecified atom stereocenters. The van der Waals surface area contributed by atoms with E-state index in [0.29, 0.717) is 6.01 Å². The Morgan fingerprint density at radius 1 is 1.29 bits per heavy atom. The summed E-state index contributed by atoms with van der Waals surface area (Å²) in [4.78, 5) is 6.73. The molecule has 0 aliphatic carbocycles. The Morgan fingerprint density at radius 3 is 2.57 bits per heavy atom. The quantitative estimate of drug-likeness (QED) is 0.868. The average molecular weight is 332 g/mol. The van der Waals surface area contributed by atoms with Crippen molar-refractivity contribution >= 4 is 41.9 Å². The first-order valence-electron chi connectivity index (χ1n) is 6.85. The van der Waals surface area contributed by atoms with Crippen LogP contribution < -0.4 is 10.6 Å². The molecule has 1 atom stereocenters. The first-order valence-corrected chi connectivity index (χ1v) is 6.85. The van der Waals surface area contributed by atoms with Gasteiger partial charge in [0, 0.05) is 19.1 Å². The number of oxazole rings is 1. The van der Waals surface area contributed by atoms with E-state index in [1.807, 2.05) is 6.07 Å². The van der Waals surface area contributed by atoms with Gasteiger partial charge in [-0.1, -0.05) is 26.8 Å². The lowest BCUT2D eigenvalue weighted by molar-refractivity contribution is 0.581. The van der Waals surface area contributed by atoms with Crippen LogP contribution >= 0.6 is 24.8 Å². The highest BCUT2D eigenvalue weighted by molar-refractivity contribution is 5.85. The van der Waals surface area contributed by atoms with Gasteiger partial charge in [0.05, 0.1) is 0 Å². The fourth-order valence-electron chi connectivity index (χ4n) is 2.48. The molecule has 118 valence electrons. The van der Waals surface area contributed by atoms with Crippen molar-refractivity contribution in [2.75, 3.05) is 18.0 Å². The van der Waals surface area contributed by atoms with E-state index in [1.165, 1.54) is 5.56 Å². The first kappa shape index (κ1) is 18.1. The van der Waals surface area contributed by atoms with Gasteiger partial charge < -0.3 is 15.1 Å². The van der Waals surface area contributed by atoms with Crippen molar-refractivity contribution in [2.45, 2.75) is 38.6 Å². The van der Waals surface area contributed by atoms with Gasteiger partial charge in [-0.25, -0.2) is 0 Å². The van der Waals surface area contributed by atoms with Crippen LogP contribution in [0.25, 0.3) is 11.1 Å². The number of anilines is 1. The predicted molar refractivity (Wildman–Crippen MR) is 92.0 cm³/mol. The van der Waals surface area contributed by atoms with Crippen LogP contribution in [0.15, 0.2) is 22.6 Å². The Hall–Kier alpha value is -0.970. The van der Waals surface area contributed by atoms with E-state index in [1.54, 1.807) is 0 Å². The molecule has 1 aromatic carbocycles. The van der Waals surface area contributed by atoms with Crippen molar-refractivity contribution in [3.63, 3.8) is 0 Å². The van der Waals surface area contributed by atoms with Crippen molar-refractivity contribution in [3.8, 4) is 0 Å². The summed E-state index contributed by atoms with van der Waals surface area (Å²) in [5.74, 6) is 0. The standard InChI is InChI=1S/C15H21N3O.2ClH/c1-15(2,3)10-4-5-13-12(8-10)17-14(19-13)18-7-6-11(16)9-18;;/h4-5,8,11H,6-7,9,16H2,1-3H3;2*1H. The average Bonchev–Trinajstić information content (AvgIpc) is 2.92. The third-order valence-electron chi connectivity index (χ3n) is 3.74. The summed E-state index contributed by atoms with van der Waals surface area (Å²) in [6.07, 6.45) is 1.01. The molecular formula is C15H23Cl2N3O. The monoisotopic (exact) mass is 331 g/mol. The molecule has 2 N–H and O–H groups in total. The number of aromatic nitrogens is 1. The molecule has 0 saturated carbocycles. The van der Waals surface area contributed by atoms with Crippen molar-refractivity contribution in [1.29, 1.82) is 0 Å². The van der Waals surface area contributed by atoms with Crippen LogP contribution in [0.3, 0.4) is 0 Å². The van der Waals surface area contributed by atoms with Crippen LogP contribution in [0.1, 0.15) is 32.8 Å². The normalized spacial score (nSPS) is 18.5. The fourth-order valence-corrected chi connectivity index (χ4v) is 2.48. The Morgan fingerprint density at radius 2 is 2.00 bits per heavy atom. The highest BCUT2D eigenvalue weighted by Gasteiger charge is 2.24. The van der Waals surface area contributed by atoms with Crippen LogP contribution in [0.5, 0.6) is 0 Å². The summed E-state index contributed by atoms with van der Waals surface area (Å²) in [6.45, 7) is 8.37. The molecule has 1 aliphatic heterocycles. The van der Waals surface area contributed by atoms with Gasteiger partial charge in [0.1, 0.15) is 5.52 Å². The zero-order chi connectivity index (χ0) is 13.6. The highest BCUT2D eigenvalue weighted by atomic mass is 35.5. The Bertz CT molecular complexity index is 606. The second kappa shape index (κ2) is 6.42. The number of hydrogen-bond acceptors (Lipinski definition) is 4. The Balaban J connectivity index is 0.00000110. The SMILES string of the molecule is CC(C)(C)c1ccc2oc(N3CCC(N)C3)nc2c1.Cl.Cl. The third-order valence-corrected chi connectivity index (χ3v) is 3.74. The maximum absolute atomic E-state index is 5.93. The molecule has 0 bridgehead atoms. The molecule has 0 spiro atoms. The fraction of sp³-hybridized carbons (Fsp3) is 0.533. The largest absolute Gasteiger partial charge is 0.423 e. The minimum absolute atomic E-state index is 0. The molecule has 21 heavy (non-hydrogen) atoms. The van der Waals surface area contributed by atoms with Crippen molar-refractivity contribution in [2.24, 2.45) is 5.73 Å². The molecule has 4 nitrogen and oxygen atoms in total. The van der Waals surface area contributed by atoms with E-state index in [9.17, 15) is 0 Å². The van der Waals surface area contributed by atoms with Gasteiger partial charge in [0.15, 0.2) is 5.58 Å². The molecule has 2 aromatic rings. The van der Waals surface area contributed by atoms with E-state index in [4.69, 9.17) is 10.2 Å². The zero-order valence-corrected chi connectivity index (χ0v) is 14.3. The van der Waals surface area contributed by atoms with Crippen LogP contribution in [0.2, 0.25) is 0 Å². The van der Waals surface area contributed by atoms with Crippen LogP contribution in [0.4, 0.5) is 6.01 Å². The number of halogens is 2. The van der Waals surface area contributed by atoms with Crippen LogP contribution in [-0.2, 0) is 5.41 Å². The van der Waals surface area contributed by atoms with Gasteiger partial charge in [0.25, 0.3) is 6.01 Å². The minimum atomic E-state index is 0. The minimum Gasteiger partial charge on any atom is -0.423 e. The number of fused-ring (bicyclic) bond motifs is 1. The van der Waals surface area contributed by atoms with Gasteiger partial charge in [-0.15, -0.1) is 24.8 Å².